The summed E-state index contributed by atoms with van der Waals surface area (Å²) in [6.45, 7) is 0. The molecule has 0 amide bonds. The van der Waals surface area contributed by atoms with Crippen LogP contribution in [-0.4, -0.2) is 15.0 Å². The van der Waals surface area contributed by atoms with Gasteiger partial charge >= 0.3 is 0 Å². The highest BCUT2D eigenvalue weighted by Gasteiger charge is 2.14. The number of aromatic nitrogens is 3. The first-order chi connectivity index (χ1) is 10.1. The lowest BCUT2D eigenvalue weighted by molar-refractivity contribution is 1.26. The van der Waals surface area contributed by atoms with Crippen LogP contribution in [0.1, 0.15) is 0 Å². The number of H-pyrrole nitrogens is 1. The molecular weight excluding hydrogens is 375 g/mol. The van der Waals surface area contributed by atoms with Crippen molar-refractivity contribution in [1.29, 1.82) is 0 Å². The van der Waals surface area contributed by atoms with Gasteiger partial charge in [0.05, 0.1) is 27.5 Å². The average molecular weight is 384 g/mol. The zero-order valence-corrected chi connectivity index (χ0v) is 13.7. The van der Waals surface area contributed by atoms with E-state index in [1.54, 1.807) is 30.6 Å². The van der Waals surface area contributed by atoms with Gasteiger partial charge in [0, 0.05) is 16.2 Å². The van der Waals surface area contributed by atoms with E-state index >= 15 is 0 Å². The molecule has 0 unspecified atom stereocenters. The van der Waals surface area contributed by atoms with Crippen LogP contribution in [0.15, 0.2) is 41.1 Å². The minimum atomic E-state index is 0.393. The first-order valence-electron chi connectivity index (χ1n) is 5.97. The quantitative estimate of drug-likeness (QED) is 0.668. The number of aromatic amines is 1. The second-order valence-electron chi connectivity index (χ2n) is 4.33. The maximum absolute atomic E-state index is 6.20. The van der Waals surface area contributed by atoms with Crippen molar-refractivity contribution in [1.82, 2.24) is 15.0 Å². The number of rotatable bonds is 2. The zero-order valence-electron chi connectivity index (χ0n) is 10.6. The van der Waals surface area contributed by atoms with Crippen molar-refractivity contribution in [2.75, 3.05) is 5.73 Å². The molecule has 0 aliphatic heterocycles. The molecule has 0 saturated carbocycles. The Morgan fingerprint density at radius 1 is 1.10 bits per heavy atom. The number of imidazole rings is 1. The monoisotopic (exact) mass is 382 g/mol. The van der Waals surface area contributed by atoms with Crippen LogP contribution in [0.25, 0.3) is 22.6 Å². The van der Waals surface area contributed by atoms with Crippen molar-refractivity contribution in [2.24, 2.45) is 0 Å². The van der Waals surface area contributed by atoms with Crippen LogP contribution in [0.4, 0.5) is 5.82 Å². The lowest BCUT2D eigenvalue weighted by Crippen LogP contribution is -1.95. The van der Waals surface area contributed by atoms with E-state index < -0.39 is 0 Å². The van der Waals surface area contributed by atoms with Crippen molar-refractivity contribution in [3.05, 3.63) is 51.2 Å². The number of halogens is 3. The standard InChI is InChI=1S/C14H9BrCl2N4/c15-7-4-8(13(18)19-5-7)14-20-6-11(21-14)12-9(16)2-1-3-10(12)17/h1-6H,(H2,18,19)(H,20,21). The van der Waals surface area contributed by atoms with Crippen molar-refractivity contribution in [3.8, 4) is 22.6 Å². The molecular formula is C14H9BrCl2N4. The van der Waals surface area contributed by atoms with Gasteiger partial charge in [0.2, 0.25) is 0 Å². The SMILES string of the molecule is Nc1ncc(Br)cc1-c1ncc(-c2c(Cl)cccc2Cl)[nH]1. The van der Waals surface area contributed by atoms with Crippen LogP contribution in [-0.2, 0) is 0 Å². The van der Waals surface area contributed by atoms with E-state index in [1.807, 2.05) is 6.07 Å². The fourth-order valence-corrected chi connectivity index (χ4v) is 2.91. The van der Waals surface area contributed by atoms with E-state index in [0.717, 1.165) is 10.2 Å². The number of hydrogen-bond donors (Lipinski definition) is 2. The molecule has 106 valence electrons. The molecule has 0 spiro atoms. The topological polar surface area (TPSA) is 67.6 Å². The summed E-state index contributed by atoms with van der Waals surface area (Å²) in [5, 5.41) is 1.11. The minimum Gasteiger partial charge on any atom is -0.383 e. The molecule has 2 heterocycles. The third-order valence-electron chi connectivity index (χ3n) is 2.95. The largest absolute Gasteiger partial charge is 0.383 e. The van der Waals surface area contributed by atoms with Crippen LogP contribution in [0.3, 0.4) is 0 Å². The van der Waals surface area contributed by atoms with E-state index in [0.29, 0.717) is 32.8 Å². The Balaban J connectivity index is 2.10. The van der Waals surface area contributed by atoms with Gasteiger partial charge < -0.3 is 10.7 Å². The van der Waals surface area contributed by atoms with Gasteiger partial charge in [0.25, 0.3) is 0 Å². The molecule has 3 rings (SSSR count). The molecule has 21 heavy (non-hydrogen) atoms. The summed E-state index contributed by atoms with van der Waals surface area (Å²) in [4.78, 5) is 11.6. The average Bonchev–Trinajstić information content (AvgIpc) is 2.90. The van der Waals surface area contributed by atoms with Crippen LogP contribution in [0.2, 0.25) is 10.0 Å². The van der Waals surface area contributed by atoms with Crippen molar-refractivity contribution < 1.29 is 0 Å². The second kappa shape index (κ2) is 5.67. The summed E-state index contributed by atoms with van der Waals surface area (Å²) < 4.78 is 0.820. The van der Waals surface area contributed by atoms with Crippen molar-refractivity contribution >= 4 is 44.9 Å². The molecule has 0 aliphatic carbocycles. The van der Waals surface area contributed by atoms with Crippen molar-refractivity contribution in [2.45, 2.75) is 0 Å². The zero-order chi connectivity index (χ0) is 15.0. The van der Waals surface area contributed by atoms with Gasteiger partial charge in [-0.25, -0.2) is 9.97 Å². The van der Waals surface area contributed by atoms with Crippen LogP contribution >= 0.6 is 39.1 Å². The minimum absolute atomic E-state index is 0.393. The van der Waals surface area contributed by atoms with Crippen LogP contribution in [0.5, 0.6) is 0 Å². The first kappa shape index (κ1) is 14.4. The Bertz CT molecular complexity index is 796. The normalized spacial score (nSPS) is 10.8. The highest BCUT2D eigenvalue weighted by Crippen LogP contribution is 2.35. The maximum atomic E-state index is 6.20. The smallest absolute Gasteiger partial charge is 0.141 e. The van der Waals surface area contributed by atoms with E-state index in [9.17, 15) is 0 Å². The van der Waals surface area contributed by atoms with Gasteiger partial charge in [-0.3, -0.25) is 0 Å². The van der Waals surface area contributed by atoms with E-state index in [-0.39, 0.29) is 0 Å². The summed E-state index contributed by atoms with van der Waals surface area (Å²) in [6.07, 6.45) is 3.30. The number of hydrogen-bond acceptors (Lipinski definition) is 3. The number of nitrogens with zero attached hydrogens (tertiary/aromatic N) is 2. The van der Waals surface area contributed by atoms with E-state index in [1.165, 1.54) is 0 Å². The lowest BCUT2D eigenvalue weighted by Gasteiger charge is -2.04. The lowest BCUT2D eigenvalue weighted by atomic mass is 10.2. The predicted octanol–water partition coefficient (Wildman–Crippen LogP) is 4.79. The number of anilines is 1. The van der Waals surface area contributed by atoms with E-state index in [2.05, 4.69) is 30.9 Å². The molecule has 0 atom stereocenters. The van der Waals surface area contributed by atoms with Gasteiger partial charge in [0.15, 0.2) is 0 Å². The van der Waals surface area contributed by atoms with Gasteiger partial charge in [-0.15, -0.1) is 0 Å². The molecule has 0 bridgehead atoms. The van der Waals surface area contributed by atoms with Gasteiger partial charge in [-0.05, 0) is 34.1 Å². The molecule has 0 saturated heterocycles. The predicted molar refractivity (Wildman–Crippen MR) is 89.4 cm³/mol. The van der Waals surface area contributed by atoms with Gasteiger partial charge in [-0.1, -0.05) is 29.3 Å². The van der Waals surface area contributed by atoms with Crippen molar-refractivity contribution in [3.63, 3.8) is 0 Å². The summed E-state index contributed by atoms with van der Waals surface area (Å²) >= 11 is 15.8. The molecule has 2 aromatic heterocycles. The number of nitrogens with one attached hydrogen (secondary N) is 1. The Morgan fingerprint density at radius 2 is 1.81 bits per heavy atom. The number of benzene rings is 1. The van der Waals surface area contributed by atoms with Gasteiger partial charge in [0.1, 0.15) is 11.6 Å². The Labute approximate surface area is 139 Å². The Morgan fingerprint density at radius 3 is 2.52 bits per heavy atom. The highest BCUT2D eigenvalue weighted by molar-refractivity contribution is 9.10. The molecule has 0 fully saturated rings. The fourth-order valence-electron chi connectivity index (χ4n) is 1.98. The molecule has 0 radical (unpaired) electrons. The molecule has 7 heteroatoms. The third-order valence-corrected chi connectivity index (χ3v) is 4.01. The Hall–Kier alpha value is -1.56. The molecule has 0 aliphatic rings. The summed E-state index contributed by atoms with van der Waals surface area (Å²) in [7, 11) is 0. The van der Waals surface area contributed by atoms with Crippen LogP contribution < -0.4 is 5.73 Å². The number of nitrogen functional groups attached to an aromatic ring is 1. The third kappa shape index (κ3) is 2.77. The summed E-state index contributed by atoms with van der Waals surface area (Å²) in [5.41, 5.74) is 8.02. The number of pyridine rings is 1. The van der Waals surface area contributed by atoms with Crippen LogP contribution in [0, 0.1) is 0 Å². The molecule has 3 N–H and O–H groups in total. The molecule has 3 aromatic rings. The van der Waals surface area contributed by atoms with E-state index in [4.69, 9.17) is 28.9 Å². The van der Waals surface area contributed by atoms with Gasteiger partial charge in [-0.2, -0.15) is 0 Å². The summed E-state index contributed by atoms with van der Waals surface area (Å²) in [6, 6.07) is 7.19. The summed E-state index contributed by atoms with van der Waals surface area (Å²) in [5.74, 6) is 0.997. The molecule has 1 aromatic carbocycles. The fraction of sp³-hybridized carbons (Fsp3) is 0. The number of nitrogens with two attached hydrogens (primary N) is 1. The Kier molecular flexibility index (Phi) is 3.89. The second-order valence-corrected chi connectivity index (χ2v) is 6.06. The first-order valence-corrected chi connectivity index (χ1v) is 7.52. The molecule has 4 nitrogen and oxygen atoms in total. The maximum Gasteiger partial charge on any atom is 0.141 e. The highest BCUT2D eigenvalue weighted by atomic mass is 79.9.